The molecule has 0 saturated carbocycles. The van der Waals surface area contributed by atoms with Crippen LogP contribution >= 0.6 is 0 Å². The monoisotopic (exact) mass is 556 g/mol. The van der Waals surface area contributed by atoms with Gasteiger partial charge in [-0.3, -0.25) is 14.6 Å². The van der Waals surface area contributed by atoms with Gasteiger partial charge in [-0.25, -0.2) is 13.2 Å². The van der Waals surface area contributed by atoms with E-state index in [1.165, 1.54) is 42.6 Å². The van der Waals surface area contributed by atoms with Crippen LogP contribution in [0.1, 0.15) is 26.2 Å². The zero-order valence-corrected chi connectivity index (χ0v) is 22.2. The number of rotatable bonds is 8. The maximum Gasteiger partial charge on any atom is 0.415 e. The van der Waals surface area contributed by atoms with Gasteiger partial charge < -0.3 is 24.1 Å². The number of amides is 2. The number of nitrogens with zero attached hydrogens (tertiary/aromatic N) is 3. The molecule has 5 rings (SSSR count). The number of para-hydroxylation sites is 1. The molecule has 2 aliphatic heterocycles. The molecule has 1 aromatic carbocycles. The Kier molecular flexibility index (Phi) is 7.28. The molecule has 2 fully saturated rings. The lowest BCUT2D eigenvalue weighted by molar-refractivity contribution is -0.138. The molecule has 2 saturated heterocycles. The Hall–Kier alpha value is -3.97. The Morgan fingerprint density at radius 3 is 2.79 bits per heavy atom. The summed E-state index contributed by atoms with van der Waals surface area (Å²) in [4.78, 5) is 44.5. The van der Waals surface area contributed by atoms with Gasteiger partial charge in [0.1, 0.15) is 17.0 Å². The fraction of sp³-hybridized carbons (Fsp3) is 0.385. The number of ether oxygens (including phenoxy) is 2. The number of methoxy groups -OCH3 is 1. The first-order valence-electron chi connectivity index (χ1n) is 12.5. The normalized spacial score (nSPS) is 20.2. The molecule has 0 bridgehead atoms. The third-order valence-electron chi connectivity index (χ3n) is 6.97. The fourth-order valence-electron chi connectivity index (χ4n) is 5.21. The van der Waals surface area contributed by atoms with Gasteiger partial charge in [-0.15, -0.1) is 0 Å². The number of carbonyl (C=O) groups is 3. The van der Waals surface area contributed by atoms with Gasteiger partial charge in [-0.05, 0) is 31.0 Å². The van der Waals surface area contributed by atoms with Crippen molar-refractivity contribution in [2.24, 2.45) is 0 Å². The van der Waals surface area contributed by atoms with Crippen LogP contribution in [0.5, 0.6) is 11.7 Å². The van der Waals surface area contributed by atoms with Crippen LogP contribution < -0.4 is 14.8 Å². The molecule has 3 atom stereocenters. The van der Waals surface area contributed by atoms with E-state index in [4.69, 9.17) is 13.9 Å². The maximum atomic E-state index is 13.5. The topological polar surface area (TPSA) is 148 Å². The summed E-state index contributed by atoms with van der Waals surface area (Å²) in [6, 6.07) is 7.13. The van der Waals surface area contributed by atoms with E-state index in [0.29, 0.717) is 36.0 Å². The van der Waals surface area contributed by atoms with E-state index < -0.39 is 40.1 Å². The summed E-state index contributed by atoms with van der Waals surface area (Å²) in [7, 11) is -2.48. The second kappa shape index (κ2) is 10.7. The van der Waals surface area contributed by atoms with E-state index in [-0.39, 0.29) is 29.7 Å². The third kappa shape index (κ3) is 4.94. The zero-order valence-electron chi connectivity index (χ0n) is 21.4. The van der Waals surface area contributed by atoms with Gasteiger partial charge in [0.25, 0.3) is 5.95 Å². The highest BCUT2D eigenvalue weighted by atomic mass is 32.2. The number of ketones is 1. The van der Waals surface area contributed by atoms with E-state index in [1.807, 2.05) is 6.92 Å². The van der Waals surface area contributed by atoms with Crippen LogP contribution in [-0.4, -0.2) is 78.7 Å². The highest BCUT2D eigenvalue weighted by Gasteiger charge is 2.54. The largest absolute Gasteiger partial charge is 0.493 e. The zero-order chi connectivity index (χ0) is 27.7. The van der Waals surface area contributed by atoms with Crippen molar-refractivity contribution in [1.29, 1.82) is 0 Å². The van der Waals surface area contributed by atoms with Gasteiger partial charge in [0.2, 0.25) is 15.9 Å². The lowest BCUT2D eigenvalue weighted by Gasteiger charge is -2.27. The van der Waals surface area contributed by atoms with E-state index >= 15 is 0 Å². The molecule has 2 aliphatic rings. The van der Waals surface area contributed by atoms with E-state index in [2.05, 4.69) is 10.3 Å². The predicted octanol–water partition coefficient (Wildman–Crippen LogP) is 2.34. The van der Waals surface area contributed by atoms with E-state index in [0.717, 1.165) is 4.31 Å². The molecular weight excluding hydrogens is 528 g/mol. The van der Waals surface area contributed by atoms with Crippen molar-refractivity contribution in [3.63, 3.8) is 0 Å². The Morgan fingerprint density at radius 1 is 1.26 bits per heavy atom. The summed E-state index contributed by atoms with van der Waals surface area (Å²) in [5.41, 5.74) is 0.414. The van der Waals surface area contributed by atoms with Gasteiger partial charge in [0, 0.05) is 30.4 Å². The second-order valence-corrected chi connectivity index (χ2v) is 11.2. The summed E-state index contributed by atoms with van der Waals surface area (Å²) in [6.07, 6.45) is 2.96. The first kappa shape index (κ1) is 26.6. The third-order valence-corrected chi connectivity index (χ3v) is 8.82. The highest BCUT2D eigenvalue weighted by molar-refractivity contribution is 7.89. The van der Waals surface area contributed by atoms with Crippen LogP contribution in [0.3, 0.4) is 0 Å². The molecule has 12 nitrogen and oxygen atoms in total. The minimum Gasteiger partial charge on any atom is -0.493 e. The number of pyridine rings is 1. The predicted molar refractivity (Wildman–Crippen MR) is 138 cm³/mol. The number of carbonyl (C=O) groups excluding carboxylic acids is 3. The molecule has 4 heterocycles. The minimum atomic E-state index is -3.97. The minimum absolute atomic E-state index is 0.0142. The van der Waals surface area contributed by atoms with Crippen molar-refractivity contribution in [1.82, 2.24) is 19.5 Å². The van der Waals surface area contributed by atoms with Crippen LogP contribution in [-0.2, 0) is 19.6 Å². The molecule has 1 N–H and O–H groups in total. The fourth-order valence-corrected chi connectivity index (χ4v) is 6.80. The molecule has 2 aromatic heterocycles. The van der Waals surface area contributed by atoms with Crippen LogP contribution in [0.15, 0.2) is 58.1 Å². The first-order chi connectivity index (χ1) is 18.7. The van der Waals surface area contributed by atoms with Crippen molar-refractivity contribution in [3.05, 3.63) is 48.8 Å². The SMILES string of the molecule is CCCC(NC(=O)Oc1cc2cccc(OC)c2o1)C(=O)N1CCC2C1C(=O)CN2S(=O)(=O)c1cccnc1. The number of benzene rings is 1. The van der Waals surface area contributed by atoms with Crippen molar-refractivity contribution in [3.8, 4) is 11.7 Å². The van der Waals surface area contributed by atoms with E-state index in [1.54, 1.807) is 18.2 Å². The standard InChI is InChI=1S/C26H28N4O8S/c1-3-6-18(28-26(33)38-22-13-16-7-4-9-21(36-2)24(16)37-22)25(32)29-12-10-19-23(29)20(31)15-30(19)39(34,35)17-8-5-11-27-14-17/h4-5,7-9,11,13-14,18-19,23H,3,6,10,12,15H2,1-2H3,(H,28,33). The van der Waals surface area contributed by atoms with Crippen molar-refractivity contribution >= 4 is 38.8 Å². The summed E-state index contributed by atoms with van der Waals surface area (Å²) < 4.78 is 43.7. The molecule has 39 heavy (non-hydrogen) atoms. The Balaban J connectivity index is 1.29. The number of hydrogen-bond acceptors (Lipinski definition) is 9. The molecular formula is C26H28N4O8S. The number of fused-ring (bicyclic) bond motifs is 2. The first-order valence-corrected chi connectivity index (χ1v) is 14.0. The highest BCUT2D eigenvalue weighted by Crippen LogP contribution is 2.35. The molecule has 0 aliphatic carbocycles. The van der Waals surface area contributed by atoms with Gasteiger partial charge >= 0.3 is 6.09 Å². The molecule has 0 radical (unpaired) electrons. The van der Waals surface area contributed by atoms with Crippen molar-refractivity contribution < 1.29 is 36.7 Å². The van der Waals surface area contributed by atoms with Crippen molar-refractivity contribution in [2.45, 2.75) is 49.2 Å². The number of sulfonamides is 1. The second-order valence-electron chi connectivity index (χ2n) is 9.36. The number of likely N-dealkylation sites (tertiary alicyclic amines) is 1. The maximum absolute atomic E-state index is 13.5. The van der Waals surface area contributed by atoms with Crippen LogP contribution in [0.2, 0.25) is 0 Å². The van der Waals surface area contributed by atoms with Crippen LogP contribution in [0.25, 0.3) is 11.0 Å². The van der Waals surface area contributed by atoms with E-state index in [9.17, 15) is 22.8 Å². The average Bonchev–Trinajstić information content (AvgIpc) is 3.63. The molecule has 13 heteroatoms. The number of Topliss-reactive ketones (excluding diaryl/α,β-unsaturated/α-hetero) is 1. The van der Waals surface area contributed by atoms with Crippen LogP contribution in [0, 0.1) is 0 Å². The smallest absolute Gasteiger partial charge is 0.415 e. The number of hydrogen-bond donors (Lipinski definition) is 1. The molecule has 206 valence electrons. The lowest BCUT2D eigenvalue weighted by Crippen LogP contribution is -2.53. The van der Waals surface area contributed by atoms with Gasteiger partial charge in [0.05, 0.1) is 19.7 Å². The quantitative estimate of drug-likeness (QED) is 0.441. The van der Waals surface area contributed by atoms with Gasteiger partial charge in [-0.2, -0.15) is 4.31 Å². The summed E-state index contributed by atoms with van der Waals surface area (Å²) in [6.45, 7) is 1.70. The van der Waals surface area contributed by atoms with Crippen molar-refractivity contribution in [2.75, 3.05) is 20.2 Å². The average molecular weight is 557 g/mol. The molecule has 2 amide bonds. The summed E-state index contributed by atoms with van der Waals surface area (Å²) in [5.74, 6) is -0.432. The summed E-state index contributed by atoms with van der Waals surface area (Å²) in [5, 5.41) is 3.26. The van der Waals surface area contributed by atoms with Crippen LogP contribution in [0.4, 0.5) is 4.79 Å². The molecule has 3 unspecified atom stereocenters. The molecule has 0 spiro atoms. The Labute approximate surface area is 224 Å². The van der Waals surface area contributed by atoms with Gasteiger partial charge in [-0.1, -0.05) is 25.5 Å². The Bertz CT molecular complexity index is 1510. The summed E-state index contributed by atoms with van der Waals surface area (Å²) >= 11 is 0. The Morgan fingerprint density at radius 2 is 2.08 bits per heavy atom. The number of aromatic nitrogens is 1. The molecule has 3 aromatic rings. The lowest BCUT2D eigenvalue weighted by atomic mass is 10.1. The van der Waals surface area contributed by atoms with Gasteiger partial charge in [0.15, 0.2) is 17.1 Å². The number of furan rings is 1. The number of nitrogens with one attached hydrogen (secondary N) is 1.